The zero-order valence-electron chi connectivity index (χ0n) is 7.06. The lowest BCUT2D eigenvalue weighted by atomic mass is 9.88. The van der Waals surface area contributed by atoms with Crippen LogP contribution in [-0.4, -0.2) is 30.1 Å². The second kappa shape index (κ2) is 2.89. The Morgan fingerprint density at radius 1 is 1.40 bits per heavy atom. The van der Waals surface area contributed by atoms with E-state index in [4.69, 9.17) is 5.73 Å². The van der Waals surface area contributed by atoms with Gasteiger partial charge in [-0.3, -0.25) is 4.90 Å². The first-order valence-corrected chi connectivity index (χ1v) is 4.21. The molecule has 2 heteroatoms. The van der Waals surface area contributed by atoms with Crippen molar-refractivity contribution in [3.63, 3.8) is 0 Å². The molecule has 2 nitrogen and oxygen atoms in total. The molecule has 0 saturated carbocycles. The molecule has 0 aromatic rings. The minimum absolute atomic E-state index is 0.162. The Morgan fingerprint density at radius 2 is 2.00 bits per heavy atom. The molecule has 0 aliphatic carbocycles. The Morgan fingerprint density at radius 3 is 2.40 bits per heavy atom. The average Bonchev–Trinajstić information content (AvgIpc) is 1.85. The molecule has 1 saturated heterocycles. The van der Waals surface area contributed by atoms with Crippen LogP contribution in [0, 0.1) is 0 Å². The fourth-order valence-electron chi connectivity index (χ4n) is 1.54. The molecule has 1 rings (SSSR count). The maximum Gasteiger partial charge on any atom is 0.0409 e. The molecular formula is C8H18N2. The van der Waals surface area contributed by atoms with Crippen molar-refractivity contribution < 1.29 is 0 Å². The number of nitrogens with two attached hydrogens (primary N) is 1. The summed E-state index contributed by atoms with van der Waals surface area (Å²) in [4.78, 5) is 2.42. The zero-order chi connectivity index (χ0) is 7.61. The Hall–Kier alpha value is -0.0800. The average molecular weight is 142 g/mol. The van der Waals surface area contributed by atoms with Gasteiger partial charge in [0.05, 0.1) is 0 Å². The molecule has 1 aliphatic heterocycles. The molecule has 60 valence electrons. The van der Waals surface area contributed by atoms with Gasteiger partial charge in [0, 0.05) is 18.6 Å². The van der Waals surface area contributed by atoms with Gasteiger partial charge < -0.3 is 5.73 Å². The minimum atomic E-state index is 0.162. The molecule has 0 amide bonds. The lowest BCUT2D eigenvalue weighted by molar-refractivity contribution is 0.0683. The number of rotatable bonds is 3. The van der Waals surface area contributed by atoms with Crippen molar-refractivity contribution >= 4 is 0 Å². The second-order valence-electron chi connectivity index (χ2n) is 3.43. The molecule has 0 unspecified atom stereocenters. The molecule has 1 aliphatic rings. The van der Waals surface area contributed by atoms with Gasteiger partial charge >= 0.3 is 0 Å². The molecule has 0 aromatic carbocycles. The summed E-state index contributed by atoms with van der Waals surface area (Å²) in [6.07, 6.45) is 2.37. The van der Waals surface area contributed by atoms with E-state index >= 15 is 0 Å². The minimum Gasteiger partial charge on any atom is -0.323 e. The van der Waals surface area contributed by atoms with Crippen molar-refractivity contribution in [1.82, 2.24) is 4.90 Å². The van der Waals surface area contributed by atoms with Crippen LogP contribution in [0.1, 0.15) is 26.7 Å². The number of hydrogen-bond acceptors (Lipinski definition) is 2. The lowest BCUT2D eigenvalue weighted by Gasteiger charge is -2.47. The zero-order valence-corrected chi connectivity index (χ0v) is 7.06. The van der Waals surface area contributed by atoms with E-state index in [2.05, 4.69) is 18.7 Å². The molecule has 2 N–H and O–H groups in total. The van der Waals surface area contributed by atoms with E-state index in [9.17, 15) is 0 Å². The van der Waals surface area contributed by atoms with Crippen LogP contribution in [0.2, 0.25) is 0 Å². The van der Waals surface area contributed by atoms with Gasteiger partial charge in [-0.15, -0.1) is 0 Å². The van der Waals surface area contributed by atoms with E-state index in [-0.39, 0.29) is 5.54 Å². The molecular weight excluding hydrogens is 124 g/mol. The van der Waals surface area contributed by atoms with Crippen LogP contribution in [0.15, 0.2) is 0 Å². The van der Waals surface area contributed by atoms with Crippen molar-refractivity contribution in [3.05, 3.63) is 0 Å². The highest BCUT2D eigenvalue weighted by atomic mass is 15.2. The fourth-order valence-corrected chi connectivity index (χ4v) is 1.54. The summed E-state index contributed by atoms with van der Waals surface area (Å²) in [5, 5.41) is 0. The Balaban J connectivity index is 2.16. The van der Waals surface area contributed by atoms with Crippen LogP contribution in [0.3, 0.4) is 0 Å². The van der Waals surface area contributed by atoms with Crippen LogP contribution in [0.25, 0.3) is 0 Å². The van der Waals surface area contributed by atoms with Crippen LogP contribution < -0.4 is 5.73 Å². The van der Waals surface area contributed by atoms with Crippen LogP contribution in [0.4, 0.5) is 0 Å². The topological polar surface area (TPSA) is 29.3 Å². The maximum absolute atomic E-state index is 5.98. The second-order valence-corrected chi connectivity index (χ2v) is 3.43. The van der Waals surface area contributed by atoms with Crippen molar-refractivity contribution in [2.24, 2.45) is 5.73 Å². The highest BCUT2D eigenvalue weighted by molar-refractivity contribution is 4.98. The molecule has 1 fully saturated rings. The van der Waals surface area contributed by atoms with E-state index in [1.807, 2.05) is 0 Å². The highest BCUT2D eigenvalue weighted by Gasteiger charge is 2.36. The standard InChI is InChI=1S/C8H18N2/c1-3-5-10-6-8(9,4-2)7-10/h3-7,9H2,1-2H3. The van der Waals surface area contributed by atoms with Crippen molar-refractivity contribution in [1.29, 1.82) is 0 Å². The molecule has 0 radical (unpaired) electrons. The molecule has 0 aromatic heterocycles. The summed E-state index contributed by atoms with van der Waals surface area (Å²) in [5.74, 6) is 0. The Bertz CT molecular complexity index is 106. The molecule has 0 bridgehead atoms. The third kappa shape index (κ3) is 1.50. The van der Waals surface area contributed by atoms with Gasteiger partial charge in [0.2, 0.25) is 0 Å². The van der Waals surface area contributed by atoms with Crippen molar-refractivity contribution in [3.8, 4) is 0 Å². The monoisotopic (exact) mass is 142 g/mol. The summed E-state index contributed by atoms with van der Waals surface area (Å²) in [6.45, 7) is 7.82. The summed E-state index contributed by atoms with van der Waals surface area (Å²) >= 11 is 0. The van der Waals surface area contributed by atoms with Crippen molar-refractivity contribution in [2.45, 2.75) is 32.2 Å². The van der Waals surface area contributed by atoms with E-state index in [1.165, 1.54) is 13.0 Å². The molecule has 1 heterocycles. The lowest BCUT2D eigenvalue weighted by Crippen LogP contribution is -2.66. The summed E-state index contributed by atoms with van der Waals surface area (Å²) in [7, 11) is 0. The summed E-state index contributed by atoms with van der Waals surface area (Å²) in [6, 6.07) is 0. The van der Waals surface area contributed by atoms with E-state index < -0.39 is 0 Å². The number of likely N-dealkylation sites (tertiary alicyclic amines) is 1. The van der Waals surface area contributed by atoms with Crippen LogP contribution in [-0.2, 0) is 0 Å². The van der Waals surface area contributed by atoms with Gasteiger partial charge in [-0.05, 0) is 19.4 Å². The van der Waals surface area contributed by atoms with Gasteiger partial charge in [0.15, 0.2) is 0 Å². The number of nitrogens with zero attached hydrogens (tertiary/aromatic N) is 1. The summed E-state index contributed by atoms with van der Waals surface area (Å²) < 4.78 is 0. The predicted octanol–water partition coefficient (Wildman–Crippen LogP) is 0.819. The van der Waals surface area contributed by atoms with E-state index in [1.54, 1.807) is 0 Å². The smallest absolute Gasteiger partial charge is 0.0409 e. The Kier molecular flexibility index (Phi) is 2.32. The third-order valence-corrected chi connectivity index (χ3v) is 2.32. The van der Waals surface area contributed by atoms with Gasteiger partial charge in [-0.25, -0.2) is 0 Å². The largest absolute Gasteiger partial charge is 0.323 e. The number of hydrogen-bond donors (Lipinski definition) is 1. The molecule has 10 heavy (non-hydrogen) atoms. The maximum atomic E-state index is 5.98. The summed E-state index contributed by atoms with van der Waals surface area (Å²) in [5.41, 5.74) is 6.14. The molecule has 0 atom stereocenters. The van der Waals surface area contributed by atoms with Crippen molar-refractivity contribution in [2.75, 3.05) is 19.6 Å². The van der Waals surface area contributed by atoms with E-state index in [0.717, 1.165) is 19.5 Å². The first kappa shape index (κ1) is 8.02. The quantitative estimate of drug-likeness (QED) is 0.632. The fraction of sp³-hybridized carbons (Fsp3) is 1.00. The SMILES string of the molecule is CCCN1CC(N)(CC)C1. The van der Waals surface area contributed by atoms with Gasteiger partial charge in [-0.1, -0.05) is 13.8 Å². The first-order chi connectivity index (χ1) is 4.70. The third-order valence-electron chi connectivity index (χ3n) is 2.32. The van der Waals surface area contributed by atoms with Crippen LogP contribution in [0.5, 0.6) is 0 Å². The molecule has 0 spiro atoms. The van der Waals surface area contributed by atoms with Gasteiger partial charge in [0.1, 0.15) is 0 Å². The van der Waals surface area contributed by atoms with Gasteiger partial charge in [0.25, 0.3) is 0 Å². The first-order valence-electron chi connectivity index (χ1n) is 4.21. The van der Waals surface area contributed by atoms with Gasteiger partial charge in [-0.2, -0.15) is 0 Å². The van der Waals surface area contributed by atoms with E-state index in [0.29, 0.717) is 0 Å². The normalized spacial score (nSPS) is 24.3. The predicted molar refractivity (Wildman–Crippen MR) is 43.9 cm³/mol. The Labute approximate surface area is 63.4 Å². The highest BCUT2D eigenvalue weighted by Crippen LogP contribution is 2.20. The van der Waals surface area contributed by atoms with Crippen LogP contribution >= 0.6 is 0 Å².